The third kappa shape index (κ3) is 3.13. The van der Waals surface area contributed by atoms with E-state index in [1.165, 1.54) is 30.4 Å². The van der Waals surface area contributed by atoms with Gasteiger partial charge >= 0.3 is 0 Å². The van der Waals surface area contributed by atoms with Crippen molar-refractivity contribution in [2.75, 3.05) is 19.8 Å². The zero-order valence-electron chi connectivity index (χ0n) is 14.9. The summed E-state index contributed by atoms with van der Waals surface area (Å²) < 4.78 is 6.07. The Balaban J connectivity index is 1.45. The first-order valence-corrected chi connectivity index (χ1v) is 9.38. The lowest BCUT2D eigenvalue weighted by molar-refractivity contribution is 0.0485. The first kappa shape index (κ1) is 16.5. The normalized spacial score (nSPS) is 26.4. The zero-order chi connectivity index (χ0) is 17.3. The molecule has 0 amide bonds. The molecule has 1 saturated carbocycles. The van der Waals surface area contributed by atoms with Gasteiger partial charge in [0.05, 0.1) is 0 Å². The van der Waals surface area contributed by atoms with E-state index in [0.717, 1.165) is 25.3 Å². The molecule has 1 N–H and O–H groups in total. The number of benzene rings is 2. The minimum atomic E-state index is 0.248. The molecule has 1 saturated heterocycles. The van der Waals surface area contributed by atoms with Gasteiger partial charge in [-0.2, -0.15) is 0 Å². The number of nitrogens with zero attached hydrogens (tertiary/aromatic N) is 1. The number of phenolic OH excluding ortho intramolecular Hbond substituents is 1. The number of para-hydroxylation sites is 1. The van der Waals surface area contributed by atoms with Crippen molar-refractivity contribution in [3.63, 3.8) is 0 Å². The van der Waals surface area contributed by atoms with Gasteiger partial charge in [-0.1, -0.05) is 36.8 Å². The van der Waals surface area contributed by atoms with Gasteiger partial charge in [0.1, 0.15) is 18.2 Å². The van der Waals surface area contributed by atoms with E-state index in [9.17, 15) is 5.11 Å². The van der Waals surface area contributed by atoms with Crippen LogP contribution in [0.3, 0.4) is 0 Å². The molecular weight excluding hydrogens is 310 g/mol. The molecule has 0 spiro atoms. The first-order chi connectivity index (χ1) is 12.2. The number of likely N-dealkylation sites (tertiary alicyclic amines) is 1. The first-order valence-electron chi connectivity index (χ1n) is 9.38. The van der Waals surface area contributed by atoms with Crippen LogP contribution in [0.15, 0.2) is 48.5 Å². The monoisotopic (exact) mass is 337 g/mol. The smallest absolute Gasteiger partial charge is 0.142 e. The van der Waals surface area contributed by atoms with E-state index in [1.54, 1.807) is 6.07 Å². The number of aromatic hydroxyl groups is 1. The molecule has 2 fully saturated rings. The number of piperidine rings is 1. The minimum absolute atomic E-state index is 0.248. The Bertz CT molecular complexity index is 744. The van der Waals surface area contributed by atoms with Crippen LogP contribution in [0, 0.1) is 12.8 Å². The van der Waals surface area contributed by atoms with Crippen molar-refractivity contribution < 1.29 is 9.84 Å². The van der Waals surface area contributed by atoms with E-state index in [4.69, 9.17) is 4.74 Å². The summed E-state index contributed by atoms with van der Waals surface area (Å²) in [5.41, 5.74) is 2.77. The molecule has 4 rings (SSSR count). The summed E-state index contributed by atoms with van der Waals surface area (Å²) in [5, 5.41) is 9.92. The molecule has 2 aromatic rings. The Labute approximate surface area is 150 Å². The van der Waals surface area contributed by atoms with Crippen LogP contribution in [0.1, 0.15) is 36.8 Å². The van der Waals surface area contributed by atoms with Gasteiger partial charge in [-0.25, -0.2) is 0 Å². The average molecular weight is 337 g/mol. The third-order valence-electron chi connectivity index (χ3n) is 6.23. The standard InChI is InChI=1S/C22H27NO2/c1-17-6-2-3-10-21(17)25-16-23-13-12-22(11-5-8-19(22)15-23)18-7-4-9-20(24)14-18/h2-4,6-7,9-10,14,19,24H,5,8,11-13,15-16H2,1H3. The van der Waals surface area contributed by atoms with E-state index in [1.807, 2.05) is 30.3 Å². The highest BCUT2D eigenvalue weighted by atomic mass is 16.5. The summed E-state index contributed by atoms with van der Waals surface area (Å²) in [7, 11) is 0. The zero-order valence-corrected chi connectivity index (χ0v) is 14.9. The van der Waals surface area contributed by atoms with Gasteiger partial charge in [0, 0.05) is 18.5 Å². The highest BCUT2D eigenvalue weighted by Gasteiger charge is 2.47. The van der Waals surface area contributed by atoms with E-state index in [2.05, 4.69) is 24.0 Å². The van der Waals surface area contributed by atoms with Crippen LogP contribution in [0.2, 0.25) is 0 Å². The van der Waals surface area contributed by atoms with E-state index < -0.39 is 0 Å². The molecular formula is C22H27NO2. The fraction of sp³-hybridized carbons (Fsp3) is 0.455. The summed E-state index contributed by atoms with van der Waals surface area (Å²) in [6, 6.07) is 16.2. The summed E-state index contributed by atoms with van der Waals surface area (Å²) in [4.78, 5) is 2.45. The molecule has 2 aliphatic rings. The molecule has 0 aromatic heterocycles. The maximum absolute atomic E-state index is 9.92. The predicted octanol–water partition coefficient (Wildman–Crippen LogP) is 4.48. The summed E-state index contributed by atoms with van der Waals surface area (Å²) >= 11 is 0. The van der Waals surface area contributed by atoms with Crippen molar-refractivity contribution >= 4 is 0 Å². The lowest BCUT2D eigenvalue weighted by Gasteiger charge is -2.44. The molecule has 1 aliphatic carbocycles. The quantitative estimate of drug-likeness (QED) is 0.893. The Hall–Kier alpha value is -2.00. The minimum Gasteiger partial charge on any atom is -0.508 e. The van der Waals surface area contributed by atoms with Gasteiger partial charge in [-0.3, -0.25) is 4.90 Å². The summed E-state index contributed by atoms with van der Waals surface area (Å²) in [6.45, 7) is 4.90. The lowest BCUT2D eigenvalue weighted by atomic mass is 9.68. The van der Waals surface area contributed by atoms with Crippen molar-refractivity contribution in [3.05, 3.63) is 59.7 Å². The summed E-state index contributed by atoms with van der Waals surface area (Å²) in [6.07, 6.45) is 4.95. The van der Waals surface area contributed by atoms with Crippen molar-refractivity contribution in [1.82, 2.24) is 4.90 Å². The second-order valence-corrected chi connectivity index (χ2v) is 7.66. The van der Waals surface area contributed by atoms with Crippen LogP contribution in [0.5, 0.6) is 11.5 Å². The molecule has 3 nitrogen and oxygen atoms in total. The average Bonchev–Trinajstić information content (AvgIpc) is 3.05. The number of phenols is 1. The largest absolute Gasteiger partial charge is 0.508 e. The second kappa shape index (κ2) is 6.72. The highest BCUT2D eigenvalue weighted by Crippen LogP contribution is 2.51. The van der Waals surface area contributed by atoms with Crippen LogP contribution in [-0.2, 0) is 5.41 Å². The van der Waals surface area contributed by atoms with Gasteiger partial charge in [-0.05, 0) is 61.4 Å². The molecule has 1 aliphatic heterocycles. The van der Waals surface area contributed by atoms with Crippen LogP contribution in [0.25, 0.3) is 0 Å². The fourth-order valence-corrected chi connectivity index (χ4v) is 4.84. The molecule has 25 heavy (non-hydrogen) atoms. The van der Waals surface area contributed by atoms with Gasteiger partial charge < -0.3 is 9.84 Å². The van der Waals surface area contributed by atoms with Gasteiger partial charge in [0.25, 0.3) is 0 Å². The van der Waals surface area contributed by atoms with Crippen molar-refractivity contribution in [2.24, 2.45) is 5.92 Å². The molecule has 0 radical (unpaired) electrons. The maximum Gasteiger partial charge on any atom is 0.142 e. The third-order valence-corrected chi connectivity index (χ3v) is 6.23. The van der Waals surface area contributed by atoms with E-state index >= 15 is 0 Å². The Morgan fingerprint density at radius 1 is 1.16 bits per heavy atom. The number of fused-ring (bicyclic) bond motifs is 1. The van der Waals surface area contributed by atoms with Crippen molar-refractivity contribution in [1.29, 1.82) is 0 Å². The number of hydrogen-bond donors (Lipinski definition) is 1. The Morgan fingerprint density at radius 3 is 2.88 bits per heavy atom. The van der Waals surface area contributed by atoms with Crippen LogP contribution >= 0.6 is 0 Å². The summed E-state index contributed by atoms with van der Waals surface area (Å²) in [5.74, 6) is 2.03. The van der Waals surface area contributed by atoms with E-state index in [0.29, 0.717) is 18.4 Å². The number of aryl methyl sites for hydroxylation is 1. The van der Waals surface area contributed by atoms with Crippen LogP contribution < -0.4 is 4.74 Å². The molecule has 2 unspecified atom stereocenters. The Morgan fingerprint density at radius 2 is 2.04 bits per heavy atom. The van der Waals surface area contributed by atoms with Crippen LogP contribution in [-0.4, -0.2) is 29.8 Å². The predicted molar refractivity (Wildman–Crippen MR) is 100.0 cm³/mol. The van der Waals surface area contributed by atoms with Gasteiger partial charge in [0.2, 0.25) is 0 Å². The van der Waals surface area contributed by atoms with Crippen molar-refractivity contribution in [3.8, 4) is 11.5 Å². The molecule has 0 bridgehead atoms. The molecule has 3 heteroatoms. The molecule has 1 heterocycles. The second-order valence-electron chi connectivity index (χ2n) is 7.66. The number of hydrogen-bond acceptors (Lipinski definition) is 3. The van der Waals surface area contributed by atoms with Gasteiger partial charge in [0.15, 0.2) is 0 Å². The Kier molecular flexibility index (Phi) is 4.43. The maximum atomic E-state index is 9.92. The number of rotatable bonds is 4. The molecule has 132 valence electrons. The molecule has 2 atom stereocenters. The fourth-order valence-electron chi connectivity index (χ4n) is 4.84. The highest BCUT2D eigenvalue weighted by molar-refractivity contribution is 5.35. The molecule has 2 aromatic carbocycles. The van der Waals surface area contributed by atoms with Crippen molar-refractivity contribution in [2.45, 2.75) is 38.0 Å². The van der Waals surface area contributed by atoms with Gasteiger partial charge in [-0.15, -0.1) is 0 Å². The lowest BCUT2D eigenvalue weighted by Crippen LogP contribution is -2.48. The van der Waals surface area contributed by atoms with Crippen LogP contribution in [0.4, 0.5) is 0 Å². The number of ether oxygens (including phenoxy) is 1. The topological polar surface area (TPSA) is 32.7 Å². The van der Waals surface area contributed by atoms with E-state index in [-0.39, 0.29) is 5.41 Å². The SMILES string of the molecule is Cc1ccccc1OCN1CCC2(c3cccc(O)c3)CCCC2C1.